The molecule has 0 unspecified atom stereocenters. The van der Waals surface area contributed by atoms with Crippen molar-refractivity contribution in [2.75, 3.05) is 26.2 Å². The second-order valence-electron chi connectivity index (χ2n) is 9.49. The van der Waals surface area contributed by atoms with Gasteiger partial charge in [0.15, 0.2) is 0 Å². The molecule has 154 valence electrons. The molecule has 1 amide bonds. The van der Waals surface area contributed by atoms with E-state index in [1.807, 2.05) is 0 Å². The van der Waals surface area contributed by atoms with Gasteiger partial charge in [0.1, 0.15) is 0 Å². The van der Waals surface area contributed by atoms with Crippen molar-refractivity contribution in [3.8, 4) is 0 Å². The van der Waals surface area contributed by atoms with Crippen LogP contribution in [-0.2, 0) is 11.3 Å². The van der Waals surface area contributed by atoms with Gasteiger partial charge in [-0.1, -0.05) is 12.1 Å². The van der Waals surface area contributed by atoms with Crippen LogP contribution >= 0.6 is 0 Å². The van der Waals surface area contributed by atoms with Crippen molar-refractivity contribution < 1.29 is 4.79 Å². The highest BCUT2D eigenvalue weighted by molar-refractivity contribution is 5.79. The van der Waals surface area contributed by atoms with Crippen molar-refractivity contribution in [1.29, 1.82) is 0 Å². The molecule has 0 radical (unpaired) electrons. The number of benzene rings is 1. The zero-order valence-electron chi connectivity index (χ0n) is 18.0. The first-order chi connectivity index (χ1) is 13.5. The minimum atomic E-state index is 0.213. The molecule has 2 saturated heterocycles. The van der Waals surface area contributed by atoms with E-state index in [1.54, 1.807) is 0 Å². The lowest BCUT2D eigenvalue weighted by Crippen LogP contribution is -2.50. The largest absolute Gasteiger partial charge is 0.353 e. The van der Waals surface area contributed by atoms with Gasteiger partial charge >= 0.3 is 0 Å². The van der Waals surface area contributed by atoms with Crippen LogP contribution in [0.2, 0.25) is 0 Å². The van der Waals surface area contributed by atoms with Crippen molar-refractivity contribution in [3.63, 3.8) is 0 Å². The van der Waals surface area contributed by atoms with Crippen molar-refractivity contribution in [2.45, 2.75) is 77.9 Å². The molecule has 4 nitrogen and oxygen atoms in total. The first kappa shape index (κ1) is 19.9. The second-order valence-corrected chi connectivity index (χ2v) is 9.49. The predicted molar refractivity (Wildman–Crippen MR) is 114 cm³/mol. The molecule has 1 aromatic rings. The Labute approximate surface area is 170 Å². The summed E-state index contributed by atoms with van der Waals surface area (Å²) in [6.07, 6.45) is 7.08. The van der Waals surface area contributed by atoms with Gasteiger partial charge in [-0.15, -0.1) is 0 Å². The topological polar surface area (TPSA) is 35.6 Å². The predicted octanol–water partition coefficient (Wildman–Crippen LogP) is 3.57. The fourth-order valence-electron chi connectivity index (χ4n) is 4.97. The molecule has 3 fully saturated rings. The van der Waals surface area contributed by atoms with Crippen LogP contribution in [-0.4, -0.2) is 54.0 Å². The SMILES string of the molecule is Cc1cc(C)c(CN2CCC(N3CCC[C@@H](C(=O)NC4CC4)C3)CC2)cc1C. The van der Waals surface area contributed by atoms with Crippen LogP contribution in [0.15, 0.2) is 12.1 Å². The number of hydrogen-bond donors (Lipinski definition) is 1. The number of piperidine rings is 2. The second kappa shape index (κ2) is 8.54. The van der Waals surface area contributed by atoms with E-state index < -0.39 is 0 Å². The lowest BCUT2D eigenvalue weighted by molar-refractivity contribution is -0.127. The van der Waals surface area contributed by atoms with Gasteiger partial charge in [0.05, 0.1) is 5.92 Å². The summed E-state index contributed by atoms with van der Waals surface area (Å²) in [5.74, 6) is 0.528. The number of amides is 1. The smallest absolute Gasteiger partial charge is 0.224 e. The molecule has 28 heavy (non-hydrogen) atoms. The fraction of sp³-hybridized carbons (Fsp3) is 0.708. The van der Waals surface area contributed by atoms with E-state index in [-0.39, 0.29) is 5.92 Å². The maximum atomic E-state index is 12.5. The number of nitrogens with zero attached hydrogens (tertiary/aromatic N) is 2. The molecule has 3 aliphatic rings. The van der Waals surface area contributed by atoms with Gasteiger partial charge in [0.2, 0.25) is 5.91 Å². The number of carbonyl (C=O) groups is 1. The quantitative estimate of drug-likeness (QED) is 0.844. The Bertz CT molecular complexity index is 704. The van der Waals surface area contributed by atoms with Gasteiger partial charge in [0.25, 0.3) is 0 Å². The molecule has 2 aliphatic heterocycles. The third-order valence-electron chi connectivity index (χ3n) is 7.17. The van der Waals surface area contributed by atoms with Crippen LogP contribution in [0.5, 0.6) is 0 Å². The molecule has 4 rings (SSSR count). The molecule has 1 aliphatic carbocycles. The van der Waals surface area contributed by atoms with Crippen molar-refractivity contribution >= 4 is 5.91 Å². The molecule has 1 atom stereocenters. The first-order valence-electron chi connectivity index (χ1n) is 11.3. The Morgan fingerprint density at radius 3 is 2.39 bits per heavy atom. The highest BCUT2D eigenvalue weighted by atomic mass is 16.2. The summed E-state index contributed by atoms with van der Waals surface area (Å²) in [6, 6.07) is 5.86. The van der Waals surface area contributed by atoms with Crippen LogP contribution in [0.25, 0.3) is 0 Å². The van der Waals surface area contributed by atoms with Crippen LogP contribution in [0, 0.1) is 26.7 Å². The number of rotatable bonds is 5. The minimum absolute atomic E-state index is 0.213. The monoisotopic (exact) mass is 383 g/mol. The summed E-state index contributed by atoms with van der Waals surface area (Å²) >= 11 is 0. The average Bonchev–Trinajstić information content (AvgIpc) is 3.51. The van der Waals surface area contributed by atoms with Crippen LogP contribution in [0.1, 0.15) is 60.8 Å². The van der Waals surface area contributed by atoms with Gasteiger partial charge < -0.3 is 5.32 Å². The highest BCUT2D eigenvalue weighted by Gasteiger charge is 2.33. The zero-order chi connectivity index (χ0) is 19.7. The molecule has 1 N–H and O–H groups in total. The molecular weight excluding hydrogens is 346 g/mol. The number of likely N-dealkylation sites (tertiary alicyclic amines) is 2. The molecule has 1 saturated carbocycles. The van der Waals surface area contributed by atoms with Crippen molar-refractivity contribution in [3.05, 3.63) is 34.4 Å². The van der Waals surface area contributed by atoms with Crippen LogP contribution in [0.3, 0.4) is 0 Å². The average molecular weight is 384 g/mol. The Hall–Kier alpha value is -1.39. The standard InChI is InChI=1S/C24H37N3O/c1-17-13-19(3)21(14-18(17)2)15-26-11-8-23(9-12-26)27-10-4-5-20(16-27)24(28)25-22-6-7-22/h13-14,20,22-23H,4-12,15-16H2,1-3H3,(H,25,28)/t20-/m1/s1. The summed E-state index contributed by atoms with van der Waals surface area (Å²) in [4.78, 5) is 17.7. The van der Waals surface area contributed by atoms with E-state index in [9.17, 15) is 4.79 Å². The van der Waals surface area contributed by atoms with Gasteiger partial charge in [-0.3, -0.25) is 14.6 Å². The van der Waals surface area contributed by atoms with E-state index in [0.717, 1.165) is 19.5 Å². The summed E-state index contributed by atoms with van der Waals surface area (Å²) < 4.78 is 0. The normalized spacial score (nSPS) is 25.0. The van der Waals surface area contributed by atoms with E-state index >= 15 is 0 Å². The van der Waals surface area contributed by atoms with E-state index in [2.05, 4.69) is 48.0 Å². The zero-order valence-corrected chi connectivity index (χ0v) is 18.0. The third kappa shape index (κ3) is 4.77. The van der Waals surface area contributed by atoms with Crippen LogP contribution in [0.4, 0.5) is 0 Å². The molecule has 1 aromatic carbocycles. The fourth-order valence-corrected chi connectivity index (χ4v) is 4.97. The summed E-state index contributed by atoms with van der Waals surface area (Å²) in [5, 5.41) is 3.22. The van der Waals surface area contributed by atoms with Gasteiger partial charge in [-0.05, 0) is 101 Å². The number of aryl methyl sites for hydroxylation is 3. The number of nitrogens with one attached hydrogen (secondary N) is 1. The molecule has 0 aromatic heterocycles. The lowest BCUT2D eigenvalue weighted by Gasteiger charge is -2.42. The van der Waals surface area contributed by atoms with E-state index in [0.29, 0.717) is 18.0 Å². The Morgan fingerprint density at radius 1 is 0.964 bits per heavy atom. The van der Waals surface area contributed by atoms with Crippen LogP contribution < -0.4 is 5.32 Å². The maximum Gasteiger partial charge on any atom is 0.224 e. The minimum Gasteiger partial charge on any atom is -0.353 e. The van der Waals surface area contributed by atoms with E-state index in [4.69, 9.17) is 0 Å². The molecule has 0 bridgehead atoms. The van der Waals surface area contributed by atoms with Gasteiger partial charge in [-0.25, -0.2) is 0 Å². The molecule has 4 heteroatoms. The van der Waals surface area contributed by atoms with Crippen molar-refractivity contribution in [2.24, 2.45) is 5.92 Å². The molecule has 0 spiro atoms. The van der Waals surface area contributed by atoms with Gasteiger partial charge in [-0.2, -0.15) is 0 Å². The van der Waals surface area contributed by atoms with Gasteiger partial charge in [0, 0.05) is 25.2 Å². The summed E-state index contributed by atoms with van der Waals surface area (Å²) in [7, 11) is 0. The Morgan fingerprint density at radius 2 is 1.68 bits per heavy atom. The number of carbonyl (C=O) groups excluding carboxylic acids is 1. The molecule has 2 heterocycles. The lowest BCUT2D eigenvalue weighted by atomic mass is 9.93. The Balaban J connectivity index is 1.27. The highest BCUT2D eigenvalue weighted by Crippen LogP contribution is 2.27. The summed E-state index contributed by atoms with van der Waals surface area (Å²) in [6.45, 7) is 12.2. The third-order valence-corrected chi connectivity index (χ3v) is 7.17. The van der Waals surface area contributed by atoms with E-state index in [1.165, 1.54) is 74.0 Å². The number of hydrogen-bond acceptors (Lipinski definition) is 3. The van der Waals surface area contributed by atoms with Crippen molar-refractivity contribution in [1.82, 2.24) is 15.1 Å². The molecular formula is C24H37N3O. The summed E-state index contributed by atoms with van der Waals surface area (Å²) in [5.41, 5.74) is 5.70. The Kier molecular flexibility index (Phi) is 6.07. The maximum absolute atomic E-state index is 12.5. The first-order valence-corrected chi connectivity index (χ1v) is 11.3.